The third-order valence-corrected chi connectivity index (χ3v) is 3.00. The van der Waals surface area contributed by atoms with Crippen LogP contribution in [0.4, 0.5) is 13.6 Å². The molecule has 1 aromatic heterocycles. The van der Waals surface area contributed by atoms with Gasteiger partial charge in [-0.3, -0.25) is 0 Å². The minimum atomic E-state index is -2.69. The monoisotopic (exact) mass is 232 g/mol. The third kappa shape index (κ3) is 2.44. The SMILES string of the molecule is O=C(NCc1cccs1)N1CC(F)(F)C1. The lowest BCUT2D eigenvalue weighted by Crippen LogP contribution is -2.60. The molecule has 2 amide bonds. The lowest BCUT2D eigenvalue weighted by Gasteiger charge is -2.38. The molecule has 1 fully saturated rings. The predicted octanol–water partition coefficient (Wildman–Crippen LogP) is 1.91. The molecular weight excluding hydrogens is 222 g/mol. The zero-order chi connectivity index (χ0) is 10.9. The summed E-state index contributed by atoms with van der Waals surface area (Å²) < 4.78 is 24.9. The van der Waals surface area contributed by atoms with Gasteiger partial charge in [-0.15, -0.1) is 11.3 Å². The number of carbonyl (C=O) groups excluding carboxylic acids is 1. The molecule has 6 heteroatoms. The number of halogens is 2. The van der Waals surface area contributed by atoms with Crippen molar-refractivity contribution in [3.63, 3.8) is 0 Å². The molecule has 0 radical (unpaired) electrons. The standard InChI is InChI=1S/C9H10F2N2OS/c10-9(11)5-13(6-9)8(14)12-4-7-2-1-3-15-7/h1-3H,4-6H2,(H,12,14). The summed E-state index contributed by atoms with van der Waals surface area (Å²) in [4.78, 5) is 13.4. The highest BCUT2D eigenvalue weighted by Crippen LogP contribution is 2.26. The van der Waals surface area contributed by atoms with Gasteiger partial charge in [-0.2, -0.15) is 0 Å². The van der Waals surface area contributed by atoms with Crippen molar-refractivity contribution in [1.82, 2.24) is 10.2 Å². The molecule has 15 heavy (non-hydrogen) atoms. The molecule has 1 aliphatic rings. The second-order valence-electron chi connectivity index (χ2n) is 3.45. The van der Waals surface area contributed by atoms with E-state index in [9.17, 15) is 13.6 Å². The minimum absolute atomic E-state index is 0.401. The molecule has 0 saturated carbocycles. The molecule has 0 atom stereocenters. The van der Waals surface area contributed by atoms with Crippen molar-refractivity contribution in [1.29, 1.82) is 0 Å². The van der Waals surface area contributed by atoms with E-state index in [0.717, 1.165) is 9.78 Å². The van der Waals surface area contributed by atoms with E-state index in [4.69, 9.17) is 0 Å². The van der Waals surface area contributed by atoms with Crippen LogP contribution in [0.2, 0.25) is 0 Å². The lowest BCUT2D eigenvalue weighted by atomic mass is 10.2. The number of carbonyl (C=O) groups is 1. The molecule has 3 nitrogen and oxygen atoms in total. The number of nitrogens with one attached hydrogen (secondary N) is 1. The van der Waals surface area contributed by atoms with Crippen molar-refractivity contribution in [3.8, 4) is 0 Å². The van der Waals surface area contributed by atoms with Crippen LogP contribution in [0.5, 0.6) is 0 Å². The minimum Gasteiger partial charge on any atom is -0.333 e. The van der Waals surface area contributed by atoms with Crippen molar-refractivity contribution in [2.45, 2.75) is 12.5 Å². The fraction of sp³-hybridized carbons (Fsp3) is 0.444. The molecule has 82 valence electrons. The summed E-state index contributed by atoms with van der Waals surface area (Å²) in [5.41, 5.74) is 0. The van der Waals surface area contributed by atoms with Crippen LogP contribution in [0.1, 0.15) is 4.88 Å². The fourth-order valence-electron chi connectivity index (χ4n) is 1.34. The van der Waals surface area contributed by atoms with Crippen LogP contribution >= 0.6 is 11.3 Å². The summed E-state index contributed by atoms with van der Waals surface area (Å²) in [5, 5.41) is 4.49. The first-order valence-electron chi connectivity index (χ1n) is 4.50. The van der Waals surface area contributed by atoms with E-state index in [-0.39, 0.29) is 0 Å². The highest BCUT2D eigenvalue weighted by Gasteiger charge is 2.46. The number of likely N-dealkylation sites (tertiary alicyclic amines) is 1. The van der Waals surface area contributed by atoms with Gasteiger partial charge in [0.1, 0.15) is 0 Å². The molecule has 1 aliphatic heterocycles. The Hall–Kier alpha value is -1.17. The van der Waals surface area contributed by atoms with Gasteiger partial charge in [0.05, 0.1) is 19.6 Å². The zero-order valence-electron chi connectivity index (χ0n) is 7.87. The largest absolute Gasteiger partial charge is 0.333 e. The van der Waals surface area contributed by atoms with Crippen LogP contribution in [0.15, 0.2) is 17.5 Å². The van der Waals surface area contributed by atoms with Gasteiger partial charge in [0.25, 0.3) is 5.92 Å². The molecule has 0 bridgehead atoms. The van der Waals surface area contributed by atoms with Crippen LogP contribution in [-0.2, 0) is 6.54 Å². The summed E-state index contributed by atoms with van der Waals surface area (Å²) in [6, 6.07) is 3.34. The second kappa shape index (κ2) is 3.77. The Morgan fingerprint density at radius 3 is 2.87 bits per heavy atom. The summed E-state index contributed by atoms with van der Waals surface area (Å²) >= 11 is 1.52. The number of nitrogens with zero attached hydrogens (tertiary/aromatic N) is 1. The van der Waals surface area contributed by atoms with Crippen molar-refractivity contribution in [3.05, 3.63) is 22.4 Å². The van der Waals surface area contributed by atoms with Gasteiger partial charge in [0.15, 0.2) is 0 Å². The summed E-state index contributed by atoms with van der Waals surface area (Å²) in [6.07, 6.45) is 0. The average Bonchev–Trinajstić information content (AvgIpc) is 2.62. The van der Waals surface area contributed by atoms with Gasteiger partial charge >= 0.3 is 6.03 Å². The Kier molecular flexibility index (Phi) is 2.60. The van der Waals surface area contributed by atoms with Crippen LogP contribution in [0.3, 0.4) is 0 Å². The van der Waals surface area contributed by atoms with Crippen LogP contribution in [0, 0.1) is 0 Å². The van der Waals surface area contributed by atoms with E-state index in [1.807, 2.05) is 17.5 Å². The van der Waals surface area contributed by atoms with Crippen LogP contribution < -0.4 is 5.32 Å². The van der Waals surface area contributed by atoms with E-state index in [1.165, 1.54) is 11.3 Å². The number of hydrogen-bond donors (Lipinski definition) is 1. The van der Waals surface area contributed by atoms with Gasteiger partial charge in [0.2, 0.25) is 0 Å². The van der Waals surface area contributed by atoms with Gasteiger partial charge < -0.3 is 10.2 Å². The molecular formula is C9H10F2N2OS. The first-order valence-corrected chi connectivity index (χ1v) is 5.38. The van der Waals surface area contributed by atoms with E-state index in [2.05, 4.69) is 5.32 Å². The topological polar surface area (TPSA) is 32.3 Å². The van der Waals surface area contributed by atoms with E-state index in [0.29, 0.717) is 6.54 Å². The summed E-state index contributed by atoms with van der Waals surface area (Å²) in [5.74, 6) is -2.69. The number of urea groups is 1. The molecule has 1 N–H and O–H groups in total. The number of thiophene rings is 1. The van der Waals surface area contributed by atoms with Gasteiger partial charge in [-0.1, -0.05) is 6.07 Å². The maximum atomic E-state index is 12.4. The van der Waals surface area contributed by atoms with Crippen molar-refractivity contribution in [2.75, 3.05) is 13.1 Å². The van der Waals surface area contributed by atoms with Crippen molar-refractivity contribution < 1.29 is 13.6 Å². The molecule has 1 aromatic rings. The van der Waals surface area contributed by atoms with Gasteiger partial charge in [0, 0.05) is 4.88 Å². The number of rotatable bonds is 2. The lowest BCUT2D eigenvalue weighted by molar-refractivity contribution is -0.109. The summed E-state index contributed by atoms with van der Waals surface area (Å²) in [6.45, 7) is -0.537. The van der Waals surface area contributed by atoms with E-state index >= 15 is 0 Å². The van der Waals surface area contributed by atoms with Crippen molar-refractivity contribution in [2.24, 2.45) is 0 Å². The van der Waals surface area contributed by atoms with Crippen LogP contribution in [0.25, 0.3) is 0 Å². The fourth-order valence-corrected chi connectivity index (χ4v) is 1.99. The van der Waals surface area contributed by atoms with Gasteiger partial charge in [-0.25, -0.2) is 13.6 Å². The molecule has 2 heterocycles. The van der Waals surface area contributed by atoms with Crippen LogP contribution in [-0.4, -0.2) is 29.9 Å². The molecule has 1 saturated heterocycles. The Labute approximate surface area is 89.7 Å². The maximum Gasteiger partial charge on any atom is 0.318 e. The van der Waals surface area contributed by atoms with Crippen molar-refractivity contribution >= 4 is 17.4 Å². The Bertz CT molecular complexity index is 345. The predicted molar refractivity (Wildman–Crippen MR) is 53.1 cm³/mol. The third-order valence-electron chi connectivity index (χ3n) is 2.13. The van der Waals surface area contributed by atoms with E-state index < -0.39 is 25.0 Å². The number of hydrogen-bond acceptors (Lipinski definition) is 2. The normalized spacial score (nSPS) is 18.4. The molecule has 0 aromatic carbocycles. The van der Waals surface area contributed by atoms with E-state index in [1.54, 1.807) is 0 Å². The molecule has 0 aliphatic carbocycles. The zero-order valence-corrected chi connectivity index (χ0v) is 8.69. The summed E-state index contributed by atoms with van der Waals surface area (Å²) in [7, 11) is 0. The average molecular weight is 232 g/mol. The smallest absolute Gasteiger partial charge is 0.318 e. The number of alkyl halides is 2. The molecule has 0 unspecified atom stereocenters. The highest BCUT2D eigenvalue weighted by molar-refractivity contribution is 7.09. The second-order valence-corrected chi connectivity index (χ2v) is 4.48. The molecule has 2 rings (SSSR count). The first kappa shape index (κ1) is 10.4. The number of amides is 2. The van der Waals surface area contributed by atoms with Gasteiger partial charge in [-0.05, 0) is 11.4 Å². The highest BCUT2D eigenvalue weighted by atomic mass is 32.1. The Morgan fingerprint density at radius 1 is 1.60 bits per heavy atom. The first-order chi connectivity index (χ1) is 7.07. The Morgan fingerprint density at radius 2 is 2.33 bits per heavy atom. The quantitative estimate of drug-likeness (QED) is 0.830. The Balaban J connectivity index is 1.75. The molecule has 0 spiro atoms. The maximum absolute atomic E-state index is 12.4.